The maximum atomic E-state index is 13.2. The van der Waals surface area contributed by atoms with Gasteiger partial charge in [-0.3, -0.25) is 4.79 Å². The molecule has 0 bridgehead atoms. The van der Waals surface area contributed by atoms with E-state index in [9.17, 15) is 13.2 Å². The first-order valence-electron chi connectivity index (χ1n) is 11.0. The highest BCUT2D eigenvalue weighted by Gasteiger charge is 2.28. The van der Waals surface area contributed by atoms with Crippen LogP contribution < -0.4 is 4.80 Å². The summed E-state index contributed by atoms with van der Waals surface area (Å²) >= 11 is 13.9. The molecule has 0 saturated heterocycles. The van der Waals surface area contributed by atoms with Gasteiger partial charge in [0.2, 0.25) is 10.0 Å². The molecular weight excluding hydrogens is 525 g/mol. The lowest BCUT2D eigenvalue weighted by Crippen LogP contribution is -2.35. The molecule has 3 aromatic carbocycles. The molecule has 0 saturated carbocycles. The van der Waals surface area contributed by atoms with Crippen LogP contribution in [-0.4, -0.2) is 29.7 Å². The Hall–Kier alpha value is -2.49. The van der Waals surface area contributed by atoms with E-state index in [2.05, 4.69) is 4.99 Å². The highest BCUT2D eigenvalue weighted by Crippen LogP contribution is 2.32. The van der Waals surface area contributed by atoms with Crippen LogP contribution in [0.4, 0.5) is 0 Å². The lowest BCUT2D eigenvalue weighted by molar-refractivity contribution is 0.0997. The topological polar surface area (TPSA) is 71.7 Å². The van der Waals surface area contributed by atoms with Gasteiger partial charge in [0.25, 0.3) is 5.91 Å². The molecule has 0 aliphatic carbocycles. The summed E-state index contributed by atoms with van der Waals surface area (Å²) in [5.74, 6) is -0.461. The Balaban J connectivity index is 1.43. The largest absolute Gasteiger partial charge is 0.315 e. The van der Waals surface area contributed by atoms with Gasteiger partial charge in [0.1, 0.15) is 0 Å². The number of hydrogen-bond donors (Lipinski definition) is 0. The molecule has 0 atom stereocenters. The summed E-state index contributed by atoms with van der Waals surface area (Å²) < 4.78 is 30.6. The van der Waals surface area contributed by atoms with Crippen molar-refractivity contribution in [3.63, 3.8) is 0 Å². The molecule has 0 fully saturated rings. The lowest BCUT2D eigenvalue weighted by Gasteiger charge is -2.28. The van der Waals surface area contributed by atoms with Crippen molar-refractivity contribution in [2.75, 3.05) is 6.54 Å². The molecule has 1 aliphatic heterocycles. The van der Waals surface area contributed by atoms with Crippen molar-refractivity contribution in [3.8, 4) is 0 Å². The molecule has 10 heteroatoms. The Bertz CT molecular complexity index is 1620. The van der Waals surface area contributed by atoms with E-state index < -0.39 is 15.9 Å². The van der Waals surface area contributed by atoms with Crippen molar-refractivity contribution < 1.29 is 13.2 Å². The van der Waals surface area contributed by atoms with Crippen molar-refractivity contribution >= 4 is 60.7 Å². The molecule has 0 radical (unpaired) electrons. The number of halogens is 2. The normalized spacial score (nSPS) is 14.9. The molecule has 0 N–H and O–H groups in total. The fourth-order valence-electron chi connectivity index (χ4n) is 4.23. The number of sulfonamides is 1. The predicted octanol–water partition coefficient (Wildman–Crippen LogP) is 5.52. The van der Waals surface area contributed by atoms with Crippen LogP contribution in [0.25, 0.3) is 10.2 Å². The second-order valence-corrected chi connectivity index (χ2v) is 11.9. The highest BCUT2D eigenvalue weighted by atomic mass is 35.5. The molecule has 180 valence electrons. The quantitative estimate of drug-likeness (QED) is 0.339. The third-order valence-electron chi connectivity index (χ3n) is 6.08. The van der Waals surface area contributed by atoms with Gasteiger partial charge in [-0.25, -0.2) is 8.42 Å². The molecule has 0 spiro atoms. The predicted molar refractivity (Wildman–Crippen MR) is 140 cm³/mol. The van der Waals surface area contributed by atoms with Gasteiger partial charge >= 0.3 is 0 Å². The monoisotopic (exact) mass is 545 g/mol. The SMILES string of the molecule is CCn1c(=NC(=O)c2ccc(S(=O)(=O)N3CCc4ccccc4C3)cc2)sc2ccc(Cl)c(Cl)c21. The maximum Gasteiger partial charge on any atom is 0.279 e. The zero-order valence-electron chi connectivity index (χ0n) is 18.7. The molecular formula is C25H21Cl2N3O3S2. The summed E-state index contributed by atoms with van der Waals surface area (Å²) in [7, 11) is -3.68. The molecule has 6 nitrogen and oxygen atoms in total. The van der Waals surface area contributed by atoms with Gasteiger partial charge in [0.05, 0.1) is 25.2 Å². The average molecular weight is 547 g/mol. The number of aryl methyl sites for hydroxylation is 1. The first-order valence-corrected chi connectivity index (χ1v) is 14.0. The molecule has 1 aromatic heterocycles. The Kier molecular flexibility index (Phi) is 6.59. The number of carbonyl (C=O) groups excluding carboxylic acids is 1. The first-order chi connectivity index (χ1) is 16.8. The number of thiazole rings is 1. The van der Waals surface area contributed by atoms with Gasteiger partial charge < -0.3 is 4.57 Å². The van der Waals surface area contributed by atoms with Gasteiger partial charge in [-0.15, -0.1) is 0 Å². The molecule has 2 heterocycles. The molecule has 4 aromatic rings. The average Bonchev–Trinajstić information content (AvgIpc) is 3.23. The summed E-state index contributed by atoms with van der Waals surface area (Å²) in [5, 5.41) is 0.858. The number of carbonyl (C=O) groups is 1. The van der Waals surface area contributed by atoms with Crippen molar-refractivity contribution in [2.45, 2.75) is 31.3 Å². The minimum absolute atomic E-state index is 0.153. The Morgan fingerprint density at radius 2 is 1.74 bits per heavy atom. The maximum absolute atomic E-state index is 13.2. The smallest absolute Gasteiger partial charge is 0.279 e. The van der Waals surface area contributed by atoms with Crippen LogP contribution in [-0.2, 0) is 29.5 Å². The number of aromatic nitrogens is 1. The number of amides is 1. The van der Waals surface area contributed by atoms with E-state index in [1.807, 2.05) is 41.8 Å². The van der Waals surface area contributed by atoms with E-state index in [1.54, 1.807) is 6.07 Å². The van der Waals surface area contributed by atoms with Crippen molar-refractivity contribution in [3.05, 3.63) is 92.2 Å². The van der Waals surface area contributed by atoms with E-state index in [0.29, 0.717) is 46.5 Å². The third-order valence-corrected chi connectivity index (χ3v) is 9.78. The van der Waals surface area contributed by atoms with Crippen molar-refractivity contribution in [2.24, 2.45) is 4.99 Å². The molecule has 1 aliphatic rings. The Morgan fingerprint density at radius 1 is 1.03 bits per heavy atom. The van der Waals surface area contributed by atoms with Crippen molar-refractivity contribution in [1.82, 2.24) is 8.87 Å². The summed E-state index contributed by atoms with van der Waals surface area (Å²) in [6.45, 7) is 3.25. The van der Waals surface area contributed by atoms with E-state index in [-0.39, 0.29) is 4.90 Å². The van der Waals surface area contributed by atoms with E-state index in [1.165, 1.54) is 45.5 Å². The minimum atomic E-state index is -3.68. The number of rotatable bonds is 4. The van der Waals surface area contributed by atoms with Crippen LogP contribution in [0.2, 0.25) is 10.0 Å². The van der Waals surface area contributed by atoms with Crippen LogP contribution in [0.15, 0.2) is 70.6 Å². The highest BCUT2D eigenvalue weighted by molar-refractivity contribution is 7.89. The lowest BCUT2D eigenvalue weighted by atomic mass is 10.0. The van der Waals surface area contributed by atoms with E-state index in [0.717, 1.165) is 15.8 Å². The fraction of sp³-hybridized carbons (Fsp3) is 0.200. The summed E-state index contributed by atoms with van der Waals surface area (Å²) in [4.78, 5) is 17.9. The second kappa shape index (κ2) is 9.52. The van der Waals surface area contributed by atoms with Crippen molar-refractivity contribution in [1.29, 1.82) is 0 Å². The van der Waals surface area contributed by atoms with E-state index in [4.69, 9.17) is 23.2 Å². The number of benzene rings is 3. The van der Waals surface area contributed by atoms with Gasteiger partial charge in [-0.2, -0.15) is 9.30 Å². The molecule has 35 heavy (non-hydrogen) atoms. The number of hydrogen-bond acceptors (Lipinski definition) is 4. The third kappa shape index (κ3) is 4.45. The fourth-order valence-corrected chi connectivity index (χ4v) is 7.22. The van der Waals surface area contributed by atoms with Crippen LogP contribution in [0.5, 0.6) is 0 Å². The Morgan fingerprint density at radius 3 is 2.46 bits per heavy atom. The van der Waals surface area contributed by atoms with Gasteiger partial charge in [0, 0.05) is 25.2 Å². The van der Waals surface area contributed by atoms with Gasteiger partial charge in [0.15, 0.2) is 4.80 Å². The summed E-state index contributed by atoms with van der Waals surface area (Å²) in [5.41, 5.74) is 3.23. The Labute approximate surface area is 217 Å². The van der Waals surface area contributed by atoms with Crippen LogP contribution in [0.3, 0.4) is 0 Å². The van der Waals surface area contributed by atoms with Crippen LogP contribution in [0, 0.1) is 0 Å². The summed E-state index contributed by atoms with van der Waals surface area (Å²) in [6, 6.07) is 17.4. The standard InChI is InChI=1S/C25H21Cl2N3O3S2/c1-2-30-23-21(12-11-20(26)22(23)27)34-25(30)28-24(31)17-7-9-19(10-8-17)35(32,33)29-14-13-16-5-3-4-6-18(16)15-29/h3-12H,2,13-15H2,1H3. The number of fused-ring (bicyclic) bond motifs is 2. The zero-order valence-corrected chi connectivity index (χ0v) is 21.9. The number of nitrogens with zero attached hydrogens (tertiary/aromatic N) is 3. The minimum Gasteiger partial charge on any atom is -0.315 e. The van der Waals surface area contributed by atoms with Gasteiger partial charge in [-0.1, -0.05) is 58.8 Å². The molecule has 1 amide bonds. The van der Waals surface area contributed by atoms with E-state index >= 15 is 0 Å². The zero-order chi connectivity index (χ0) is 24.7. The first kappa shape index (κ1) is 24.2. The second-order valence-electron chi connectivity index (χ2n) is 8.14. The van der Waals surface area contributed by atoms with Crippen LogP contribution in [0.1, 0.15) is 28.4 Å². The summed E-state index contributed by atoms with van der Waals surface area (Å²) in [6.07, 6.45) is 0.673. The molecule has 5 rings (SSSR count). The molecule has 0 unspecified atom stereocenters. The van der Waals surface area contributed by atoms with Crippen LogP contribution >= 0.6 is 34.5 Å². The van der Waals surface area contributed by atoms with Gasteiger partial charge in [-0.05, 0) is 60.9 Å².